The summed E-state index contributed by atoms with van der Waals surface area (Å²) >= 11 is 0. The normalized spacial score (nSPS) is 10.5. The van der Waals surface area contributed by atoms with Crippen LogP contribution in [0.4, 0.5) is 5.69 Å². The number of carbonyl (C=O) groups is 1. The number of anilines is 1. The van der Waals surface area contributed by atoms with E-state index in [0.717, 1.165) is 16.7 Å². The second kappa shape index (κ2) is 7.31. The van der Waals surface area contributed by atoms with E-state index in [0.29, 0.717) is 28.4 Å². The fraction of sp³-hybridized carbons (Fsp3) is 0.200. The van der Waals surface area contributed by atoms with E-state index < -0.39 is 0 Å². The minimum atomic E-state index is -0.265. The summed E-state index contributed by atoms with van der Waals surface area (Å²) in [4.78, 5) is 17.3. The van der Waals surface area contributed by atoms with E-state index in [1.807, 2.05) is 24.3 Å². The van der Waals surface area contributed by atoms with Crippen molar-refractivity contribution < 1.29 is 19.0 Å². The van der Waals surface area contributed by atoms with Gasteiger partial charge in [-0.05, 0) is 37.3 Å². The van der Waals surface area contributed by atoms with Crippen LogP contribution < -0.4 is 19.5 Å². The minimum absolute atomic E-state index is 0.265. The molecule has 1 amide bonds. The number of hydrogen-bond acceptors (Lipinski definition) is 5. The van der Waals surface area contributed by atoms with Gasteiger partial charge in [-0.1, -0.05) is 0 Å². The number of nitrogens with one attached hydrogen (secondary N) is 1. The molecule has 1 N–H and O–H groups in total. The third-order valence-electron chi connectivity index (χ3n) is 4.11. The van der Waals surface area contributed by atoms with Gasteiger partial charge < -0.3 is 19.5 Å². The van der Waals surface area contributed by atoms with Gasteiger partial charge in [0.15, 0.2) is 0 Å². The first-order chi connectivity index (χ1) is 12.5. The van der Waals surface area contributed by atoms with Gasteiger partial charge in [0.1, 0.15) is 17.2 Å². The predicted molar refractivity (Wildman–Crippen MR) is 101 cm³/mol. The number of pyridine rings is 1. The van der Waals surface area contributed by atoms with Crippen molar-refractivity contribution in [3.8, 4) is 17.2 Å². The molecule has 134 valence electrons. The van der Waals surface area contributed by atoms with Crippen molar-refractivity contribution in [2.75, 3.05) is 26.6 Å². The highest BCUT2D eigenvalue weighted by atomic mass is 16.5. The van der Waals surface area contributed by atoms with E-state index in [9.17, 15) is 4.79 Å². The van der Waals surface area contributed by atoms with Crippen molar-refractivity contribution >= 4 is 22.5 Å². The smallest absolute Gasteiger partial charge is 0.257 e. The number of benzene rings is 2. The number of fused-ring (bicyclic) bond motifs is 1. The second-order valence-electron chi connectivity index (χ2n) is 5.70. The molecule has 3 rings (SSSR count). The fourth-order valence-electron chi connectivity index (χ4n) is 2.70. The van der Waals surface area contributed by atoms with Crippen LogP contribution in [0.1, 0.15) is 16.1 Å². The molecule has 0 bridgehead atoms. The molecule has 1 heterocycles. The summed E-state index contributed by atoms with van der Waals surface area (Å²) < 4.78 is 15.7. The Kier molecular flexibility index (Phi) is 4.93. The summed E-state index contributed by atoms with van der Waals surface area (Å²) in [6, 6.07) is 12.6. The van der Waals surface area contributed by atoms with Gasteiger partial charge >= 0.3 is 0 Å². The van der Waals surface area contributed by atoms with E-state index >= 15 is 0 Å². The molecule has 0 aliphatic rings. The monoisotopic (exact) mass is 352 g/mol. The zero-order chi connectivity index (χ0) is 18.7. The number of nitrogens with zero attached hydrogens (tertiary/aromatic N) is 1. The average molecular weight is 352 g/mol. The Hall–Kier alpha value is -3.28. The van der Waals surface area contributed by atoms with Crippen LogP contribution in [-0.4, -0.2) is 32.2 Å². The molecule has 0 aliphatic heterocycles. The molecule has 1 aromatic heterocycles. The number of aromatic nitrogens is 1. The van der Waals surface area contributed by atoms with Gasteiger partial charge in [0.05, 0.1) is 43.8 Å². The van der Waals surface area contributed by atoms with E-state index in [1.165, 1.54) is 0 Å². The first-order valence-corrected chi connectivity index (χ1v) is 8.04. The maximum atomic E-state index is 12.8. The van der Waals surface area contributed by atoms with E-state index in [2.05, 4.69) is 10.3 Å². The van der Waals surface area contributed by atoms with E-state index in [1.54, 1.807) is 46.5 Å². The third kappa shape index (κ3) is 3.39. The Morgan fingerprint density at radius 1 is 0.923 bits per heavy atom. The number of aryl methyl sites for hydroxylation is 1. The van der Waals surface area contributed by atoms with Crippen molar-refractivity contribution in [1.29, 1.82) is 0 Å². The van der Waals surface area contributed by atoms with Crippen molar-refractivity contribution in [3.05, 3.63) is 53.7 Å². The average Bonchev–Trinajstić information content (AvgIpc) is 2.66. The molecule has 0 saturated heterocycles. The SMILES string of the molecule is COc1ccc(OC)c(NC(=O)c2cc3ccc(OC)cc3nc2C)c1. The Balaban J connectivity index is 1.96. The molecule has 0 saturated carbocycles. The molecule has 26 heavy (non-hydrogen) atoms. The maximum absolute atomic E-state index is 12.8. The highest BCUT2D eigenvalue weighted by molar-refractivity contribution is 6.07. The van der Waals surface area contributed by atoms with Crippen molar-refractivity contribution in [1.82, 2.24) is 4.98 Å². The molecule has 0 radical (unpaired) electrons. The highest BCUT2D eigenvalue weighted by Gasteiger charge is 2.15. The number of carbonyl (C=O) groups excluding carboxylic acids is 1. The zero-order valence-electron chi connectivity index (χ0n) is 15.1. The number of ether oxygens (including phenoxy) is 3. The third-order valence-corrected chi connectivity index (χ3v) is 4.11. The molecular formula is C20H20N2O4. The Morgan fingerprint density at radius 3 is 2.31 bits per heavy atom. The van der Waals surface area contributed by atoms with Gasteiger partial charge in [0.25, 0.3) is 5.91 Å². The van der Waals surface area contributed by atoms with Crippen molar-refractivity contribution in [2.45, 2.75) is 6.92 Å². The highest BCUT2D eigenvalue weighted by Crippen LogP contribution is 2.30. The lowest BCUT2D eigenvalue weighted by Crippen LogP contribution is -2.15. The molecule has 3 aromatic rings. The van der Waals surface area contributed by atoms with Crippen LogP contribution in [0, 0.1) is 6.92 Å². The van der Waals surface area contributed by atoms with Crippen LogP contribution >= 0.6 is 0 Å². The Morgan fingerprint density at radius 2 is 1.62 bits per heavy atom. The van der Waals surface area contributed by atoms with Gasteiger partial charge in [0.2, 0.25) is 0 Å². The Labute approximate surface area is 151 Å². The number of rotatable bonds is 5. The largest absolute Gasteiger partial charge is 0.497 e. The summed E-state index contributed by atoms with van der Waals surface area (Å²) in [7, 11) is 4.73. The first-order valence-electron chi connectivity index (χ1n) is 8.04. The summed E-state index contributed by atoms with van der Waals surface area (Å²) in [5.41, 5.74) is 2.43. The predicted octanol–water partition coefficient (Wildman–Crippen LogP) is 3.82. The molecule has 2 aromatic carbocycles. The fourth-order valence-corrected chi connectivity index (χ4v) is 2.70. The summed E-state index contributed by atoms with van der Waals surface area (Å²) in [6.07, 6.45) is 0. The van der Waals surface area contributed by atoms with Gasteiger partial charge in [-0.25, -0.2) is 0 Å². The quantitative estimate of drug-likeness (QED) is 0.756. The van der Waals surface area contributed by atoms with Gasteiger partial charge in [-0.2, -0.15) is 0 Å². The molecule has 6 nitrogen and oxygen atoms in total. The van der Waals surface area contributed by atoms with Gasteiger partial charge in [-0.3, -0.25) is 9.78 Å². The molecule has 0 aliphatic carbocycles. The van der Waals surface area contributed by atoms with Crippen molar-refractivity contribution in [2.24, 2.45) is 0 Å². The lowest BCUT2D eigenvalue weighted by molar-refractivity contribution is 0.102. The molecule has 0 atom stereocenters. The maximum Gasteiger partial charge on any atom is 0.257 e. The second-order valence-corrected chi connectivity index (χ2v) is 5.70. The molecule has 0 fully saturated rings. The van der Waals surface area contributed by atoms with Crippen LogP contribution in [0.2, 0.25) is 0 Å². The van der Waals surface area contributed by atoms with Crippen LogP contribution in [-0.2, 0) is 0 Å². The lowest BCUT2D eigenvalue weighted by atomic mass is 10.1. The summed E-state index contributed by atoms with van der Waals surface area (Å²) in [5, 5.41) is 3.73. The van der Waals surface area contributed by atoms with Crippen LogP contribution in [0.25, 0.3) is 10.9 Å². The molecule has 0 spiro atoms. The lowest BCUT2D eigenvalue weighted by Gasteiger charge is -2.13. The van der Waals surface area contributed by atoms with Crippen LogP contribution in [0.5, 0.6) is 17.2 Å². The zero-order valence-corrected chi connectivity index (χ0v) is 15.1. The number of methoxy groups -OCH3 is 3. The molecule has 6 heteroatoms. The number of amides is 1. The van der Waals surface area contributed by atoms with Gasteiger partial charge in [-0.15, -0.1) is 0 Å². The van der Waals surface area contributed by atoms with Crippen molar-refractivity contribution in [3.63, 3.8) is 0 Å². The number of hydrogen-bond donors (Lipinski definition) is 1. The van der Waals surface area contributed by atoms with Gasteiger partial charge in [0, 0.05) is 17.5 Å². The Bertz CT molecular complexity index is 969. The topological polar surface area (TPSA) is 69.7 Å². The van der Waals surface area contributed by atoms with E-state index in [-0.39, 0.29) is 5.91 Å². The van der Waals surface area contributed by atoms with Crippen LogP contribution in [0.15, 0.2) is 42.5 Å². The standard InChI is InChI=1S/C20H20N2O4/c1-12-16(9-13-5-6-14(24-2)10-17(13)21-12)20(23)22-18-11-15(25-3)7-8-19(18)26-4/h5-11H,1-4H3,(H,22,23). The minimum Gasteiger partial charge on any atom is -0.497 e. The molecular weight excluding hydrogens is 332 g/mol. The molecule has 0 unspecified atom stereocenters. The van der Waals surface area contributed by atoms with E-state index in [4.69, 9.17) is 14.2 Å². The summed E-state index contributed by atoms with van der Waals surface area (Å²) in [6.45, 7) is 1.80. The summed E-state index contributed by atoms with van der Waals surface area (Å²) in [5.74, 6) is 1.64. The van der Waals surface area contributed by atoms with Crippen LogP contribution in [0.3, 0.4) is 0 Å². The first kappa shape index (κ1) is 17.5.